The molecule has 68 valence electrons. The predicted molar refractivity (Wildman–Crippen MR) is 29.7 cm³/mol. The van der Waals surface area contributed by atoms with Crippen LogP contribution < -0.4 is 220 Å². The third-order valence-corrected chi connectivity index (χ3v) is 2.63. The summed E-state index contributed by atoms with van der Waals surface area (Å²) in [6, 6.07) is -0.755. The van der Waals surface area contributed by atoms with Gasteiger partial charge in [-0.15, -0.1) is 6.04 Å². The van der Waals surface area contributed by atoms with Crippen molar-refractivity contribution in [3.8, 4) is 0 Å². The Morgan fingerprint density at radius 1 is 0.933 bits per heavy atom. The summed E-state index contributed by atoms with van der Waals surface area (Å²) in [5.41, 5.74) is 0. The molecule has 0 bridgehead atoms. The van der Waals surface area contributed by atoms with Crippen molar-refractivity contribution < 1.29 is 233 Å². The predicted octanol–water partition coefficient (Wildman–Crippen LogP) is -16.0. The van der Waals surface area contributed by atoms with Crippen LogP contribution in [0.4, 0.5) is 0 Å². The SMILES string of the molecule is O=S(=O)([O-])CCC[Si]([O-])([O-])[O-].[K+].[K+].[K+].[K+]. The van der Waals surface area contributed by atoms with Crippen molar-refractivity contribution in [1.29, 1.82) is 0 Å². The Hall–Kier alpha value is 6.55. The molecule has 0 aliphatic heterocycles. The fraction of sp³-hybridized carbons (Fsp3) is 1.00. The molecule has 0 atom stereocenters. The Morgan fingerprint density at radius 2 is 1.27 bits per heavy atom. The van der Waals surface area contributed by atoms with Crippen LogP contribution in [0.3, 0.4) is 0 Å². The molecule has 0 aromatic rings. The molecule has 0 spiro atoms. The first kappa shape index (κ1) is 33.2. The van der Waals surface area contributed by atoms with Crippen molar-refractivity contribution in [1.82, 2.24) is 0 Å². The topological polar surface area (TPSA) is 126 Å². The average Bonchev–Trinajstić information content (AvgIpc) is 1.55. The van der Waals surface area contributed by atoms with E-state index < -0.39 is 37.1 Å². The van der Waals surface area contributed by atoms with Crippen LogP contribution in [-0.4, -0.2) is 27.5 Å². The van der Waals surface area contributed by atoms with Gasteiger partial charge in [0.25, 0.3) is 0 Å². The standard InChI is InChI=1S/C3H7O6SSi.4K/c4-10(5,6)2-1-3-11(7,8)9;;;;/h1-3H2,(H,4,5,6);;;;/q-3;4*+1/p-1. The van der Waals surface area contributed by atoms with Gasteiger partial charge in [0.1, 0.15) is 0 Å². The molecule has 0 unspecified atom stereocenters. The van der Waals surface area contributed by atoms with Crippen LogP contribution in [0.15, 0.2) is 0 Å². The summed E-state index contributed by atoms with van der Waals surface area (Å²) in [5.74, 6) is -0.797. The van der Waals surface area contributed by atoms with Gasteiger partial charge in [0.15, 0.2) is 0 Å². The van der Waals surface area contributed by atoms with Gasteiger partial charge in [-0.1, -0.05) is 0 Å². The van der Waals surface area contributed by atoms with E-state index in [9.17, 15) is 27.4 Å². The summed E-state index contributed by atoms with van der Waals surface area (Å²) in [6.45, 7) is 0. The Kier molecular flexibility index (Phi) is 37.5. The Labute approximate surface area is 261 Å². The van der Waals surface area contributed by atoms with Gasteiger partial charge < -0.3 is 18.9 Å². The molecule has 0 rings (SSSR count). The van der Waals surface area contributed by atoms with Gasteiger partial charge in [-0.25, -0.2) is 8.42 Å². The molecular formula is C3H6K4O6SSi. The minimum Gasteiger partial charge on any atom is -0.881 e. The molecule has 12 heteroatoms. The maximum Gasteiger partial charge on any atom is 1.00 e. The van der Waals surface area contributed by atoms with Gasteiger partial charge in [-0.2, -0.15) is 0 Å². The van der Waals surface area contributed by atoms with E-state index >= 15 is 0 Å². The molecule has 0 aliphatic rings. The van der Waals surface area contributed by atoms with Crippen LogP contribution in [0.1, 0.15) is 6.42 Å². The molecule has 0 N–H and O–H groups in total. The van der Waals surface area contributed by atoms with Crippen LogP contribution >= 0.6 is 0 Å². The third kappa shape index (κ3) is 33.4. The number of hydrogen-bond donors (Lipinski definition) is 0. The van der Waals surface area contributed by atoms with Crippen molar-refractivity contribution in [2.75, 3.05) is 5.75 Å². The molecule has 0 aromatic heterocycles. The van der Waals surface area contributed by atoms with Crippen LogP contribution in [0, 0.1) is 0 Å². The Bertz CT molecular complexity index is 215. The smallest absolute Gasteiger partial charge is 0.881 e. The molecule has 0 fully saturated rings. The first-order valence-corrected chi connectivity index (χ1v) is 6.26. The maximum atomic E-state index is 9.92. The second-order valence-corrected chi connectivity index (χ2v) is 5.44. The molecule has 0 saturated heterocycles. The summed E-state index contributed by atoms with van der Waals surface area (Å²) in [4.78, 5) is 29.8. The molecule has 0 aromatic carbocycles. The zero-order valence-electron chi connectivity index (χ0n) is 9.48. The summed E-state index contributed by atoms with van der Waals surface area (Å²) in [6.07, 6.45) is -0.408. The van der Waals surface area contributed by atoms with Gasteiger partial charge >= 0.3 is 206 Å². The molecule has 6 nitrogen and oxygen atoms in total. The van der Waals surface area contributed by atoms with E-state index in [4.69, 9.17) is 0 Å². The fourth-order valence-corrected chi connectivity index (χ4v) is 1.83. The summed E-state index contributed by atoms with van der Waals surface area (Å²) >= 11 is 0. The summed E-state index contributed by atoms with van der Waals surface area (Å²) in [7, 11) is -9.30. The van der Waals surface area contributed by atoms with Crippen molar-refractivity contribution in [2.24, 2.45) is 0 Å². The van der Waals surface area contributed by atoms with Crippen molar-refractivity contribution in [2.45, 2.75) is 12.5 Å². The second-order valence-electron chi connectivity index (χ2n) is 2.05. The second kappa shape index (κ2) is 16.9. The van der Waals surface area contributed by atoms with Crippen LogP contribution in [0.5, 0.6) is 0 Å². The fourth-order valence-electron chi connectivity index (χ4n) is 0.465. The molecule has 0 radical (unpaired) electrons. The largest absolute Gasteiger partial charge is 1.00 e. The molecule has 0 aliphatic carbocycles. The van der Waals surface area contributed by atoms with E-state index in [2.05, 4.69) is 0 Å². The minimum absolute atomic E-state index is 0. The zero-order chi connectivity index (χ0) is 9.12. The van der Waals surface area contributed by atoms with Crippen LogP contribution in [0.25, 0.3) is 0 Å². The Morgan fingerprint density at radius 3 is 1.47 bits per heavy atom. The van der Waals surface area contributed by atoms with Gasteiger partial charge in [0.05, 0.1) is 10.1 Å². The third-order valence-electron chi connectivity index (χ3n) is 0.877. The van der Waals surface area contributed by atoms with E-state index in [0.717, 1.165) is 0 Å². The minimum atomic E-state index is -4.91. The summed E-state index contributed by atoms with van der Waals surface area (Å²) in [5, 5.41) is 0. The number of rotatable bonds is 4. The van der Waals surface area contributed by atoms with E-state index in [1.54, 1.807) is 0 Å². The van der Waals surface area contributed by atoms with Gasteiger partial charge in [0, 0.05) is 5.75 Å². The van der Waals surface area contributed by atoms with E-state index in [0.29, 0.717) is 0 Å². The van der Waals surface area contributed by atoms with Crippen LogP contribution in [-0.2, 0) is 10.1 Å². The normalized spacial score (nSPS) is 9.87. The van der Waals surface area contributed by atoms with Gasteiger partial charge in [-0.3, -0.25) is 8.80 Å². The quantitative estimate of drug-likeness (QED) is 0.364. The maximum absolute atomic E-state index is 9.92. The van der Waals surface area contributed by atoms with E-state index in [-0.39, 0.29) is 206 Å². The van der Waals surface area contributed by atoms with E-state index in [1.807, 2.05) is 0 Å². The van der Waals surface area contributed by atoms with Crippen molar-refractivity contribution in [3.63, 3.8) is 0 Å². The zero-order valence-corrected chi connectivity index (χ0v) is 23.8. The Balaban J connectivity index is -0.0000000833. The monoisotopic (exact) mass is 354 g/mol. The number of hydrogen-bond acceptors (Lipinski definition) is 6. The van der Waals surface area contributed by atoms with Crippen molar-refractivity contribution in [3.05, 3.63) is 0 Å². The molecule has 0 saturated carbocycles. The van der Waals surface area contributed by atoms with Crippen LogP contribution in [0.2, 0.25) is 6.04 Å². The summed E-state index contributed by atoms with van der Waals surface area (Å²) < 4.78 is 29.6. The first-order valence-electron chi connectivity index (χ1n) is 2.75. The van der Waals surface area contributed by atoms with Crippen molar-refractivity contribution >= 4 is 18.9 Å². The molecular weight excluding hydrogens is 349 g/mol. The molecule has 15 heavy (non-hydrogen) atoms. The van der Waals surface area contributed by atoms with E-state index in [1.165, 1.54) is 0 Å². The molecule has 0 amide bonds. The van der Waals surface area contributed by atoms with Gasteiger partial charge in [-0.05, 0) is 6.42 Å². The molecule has 0 heterocycles. The first-order chi connectivity index (χ1) is 4.71. The average molecular weight is 355 g/mol. The van der Waals surface area contributed by atoms with Gasteiger partial charge in [0.2, 0.25) is 0 Å².